The second-order valence-electron chi connectivity index (χ2n) is 5.56. The van der Waals surface area contributed by atoms with E-state index in [4.69, 9.17) is 0 Å². The van der Waals surface area contributed by atoms with E-state index in [9.17, 15) is 14.0 Å². The molecule has 0 aliphatic heterocycles. The van der Waals surface area contributed by atoms with Crippen LogP contribution in [0.25, 0.3) is 0 Å². The van der Waals surface area contributed by atoms with Crippen LogP contribution >= 0.6 is 11.8 Å². The molecule has 27 heavy (non-hydrogen) atoms. The Balaban J connectivity index is 1.53. The molecule has 2 N–H and O–H groups in total. The van der Waals surface area contributed by atoms with E-state index < -0.39 is 17.6 Å². The summed E-state index contributed by atoms with van der Waals surface area (Å²) in [6.07, 6.45) is 3.54. The van der Waals surface area contributed by atoms with Crippen molar-refractivity contribution in [1.29, 1.82) is 0 Å². The zero-order valence-corrected chi connectivity index (χ0v) is 15.0. The normalized spacial score (nSPS) is 10.3. The molecule has 0 spiro atoms. The predicted molar refractivity (Wildman–Crippen MR) is 102 cm³/mol. The van der Waals surface area contributed by atoms with Crippen LogP contribution in [0.1, 0.15) is 26.3 Å². The number of carbonyl (C=O) groups is 2. The SMILES string of the molecule is O=C(NNC(=O)c1ccccc1F)c1ccc(SCc2cccnc2)cc1. The van der Waals surface area contributed by atoms with E-state index in [1.807, 2.05) is 30.5 Å². The van der Waals surface area contributed by atoms with E-state index in [0.29, 0.717) is 5.56 Å². The number of nitrogens with zero attached hydrogens (tertiary/aromatic N) is 1. The van der Waals surface area contributed by atoms with E-state index in [1.54, 1.807) is 36.2 Å². The molecule has 1 aromatic heterocycles. The molecular weight excluding hydrogens is 365 g/mol. The molecule has 136 valence electrons. The molecule has 0 aliphatic rings. The third kappa shape index (κ3) is 5.15. The summed E-state index contributed by atoms with van der Waals surface area (Å²) in [5.41, 5.74) is 5.85. The quantitative estimate of drug-likeness (QED) is 0.523. The number of halogens is 1. The average Bonchev–Trinajstić information content (AvgIpc) is 2.72. The lowest BCUT2D eigenvalue weighted by molar-refractivity contribution is 0.0844. The molecule has 0 unspecified atom stereocenters. The third-order valence-corrected chi connectivity index (χ3v) is 4.74. The summed E-state index contributed by atoms with van der Waals surface area (Å²) in [6.45, 7) is 0. The van der Waals surface area contributed by atoms with Crippen molar-refractivity contribution in [3.8, 4) is 0 Å². The van der Waals surface area contributed by atoms with Crippen LogP contribution in [0, 0.1) is 5.82 Å². The highest BCUT2D eigenvalue weighted by Gasteiger charge is 2.12. The summed E-state index contributed by atoms with van der Waals surface area (Å²) in [7, 11) is 0. The second kappa shape index (κ2) is 8.95. The number of nitrogens with one attached hydrogen (secondary N) is 2. The smallest absolute Gasteiger partial charge is 0.267 e. The second-order valence-corrected chi connectivity index (χ2v) is 6.61. The lowest BCUT2D eigenvalue weighted by Crippen LogP contribution is -2.41. The van der Waals surface area contributed by atoms with Gasteiger partial charge in [-0.05, 0) is 48.0 Å². The van der Waals surface area contributed by atoms with Gasteiger partial charge in [0, 0.05) is 28.6 Å². The average molecular weight is 381 g/mol. The highest BCUT2D eigenvalue weighted by Crippen LogP contribution is 2.22. The number of pyridine rings is 1. The molecule has 0 saturated heterocycles. The molecule has 5 nitrogen and oxygen atoms in total. The number of aromatic nitrogens is 1. The van der Waals surface area contributed by atoms with Crippen LogP contribution in [0.2, 0.25) is 0 Å². The molecule has 0 bridgehead atoms. The minimum Gasteiger partial charge on any atom is -0.267 e. The summed E-state index contributed by atoms with van der Waals surface area (Å²) in [5, 5.41) is 0. The number of amides is 2. The first-order chi connectivity index (χ1) is 13.1. The fraction of sp³-hybridized carbons (Fsp3) is 0.0500. The molecule has 2 aromatic carbocycles. The first-order valence-corrected chi connectivity index (χ1v) is 9.09. The van der Waals surface area contributed by atoms with Gasteiger partial charge in [-0.3, -0.25) is 25.4 Å². The molecule has 3 rings (SSSR count). The largest absolute Gasteiger partial charge is 0.272 e. The minimum atomic E-state index is -0.718. The molecule has 0 atom stereocenters. The standard InChI is InChI=1S/C20H16FN3O2S/c21-18-6-2-1-5-17(18)20(26)24-23-19(25)15-7-9-16(10-8-15)27-13-14-4-3-11-22-12-14/h1-12H,13H2,(H,23,25)(H,24,26). The van der Waals surface area contributed by atoms with Crippen molar-refractivity contribution >= 4 is 23.6 Å². The summed E-state index contributed by atoms with van der Waals surface area (Å²) in [5.74, 6) is -1.08. The van der Waals surface area contributed by atoms with Gasteiger partial charge in [-0.25, -0.2) is 4.39 Å². The van der Waals surface area contributed by atoms with Crippen LogP contribution < -0.4 is 10.9 Å². The molecule has 0 aliphatic carbocycles. The number of hydrazine groups is 1. The first kappa shape index (κ1) is 18.6. The van der Waals surface area contributed by atoms with Crippen molar-refractivity contribution in [2.45, 2.75) is 10.6 Å². The number of benzene rings is 2. The summed E-state index contributed by atoms with van der Waals surface area (Å²) in [4.78, 5) is 29.1. The van der Waals surface area contributed by atoms with Crippen molar-refractivity contribution in [2.24, 2.45) is 0 Å². The molecule has 0 saturated carbocycles. The first-order valence-electron chi connectivity index (χ1n) is 8.10. The molecule has 0 fully saturated rings. The van der Waals surface area contributed by atoms with Crippen molar-refractivity contribution in [3.63, 3.8) is 0 Å². The van der Waals surface area contributed by atoms with E-state index in [-0.39, 0.29) is 5.56 Å². The Kier molecular flexibility index (Phi) is 6.17. The van der Waals surface area contributed by atoms with Gasteiger partial charge in [-0.2, -0.15) is 0 Å². The van der Waals surface area contributed by atoms with Crippen LogP contribution in [0.3, 0.4) is 0 Å². The molecule has 3 aromatic rings. The van der Waals surface area contributed by atoms with Crippen molar-refractivity contribution in [3.05, 3.63) is 95.6 Å². The van der Waals surface area contributed by atoms with Crippen LogP contribution in [-0.2, 0) is 5.75 Å². The molecule has 1 heterocycles. The van der Waals surface area contributed by atoms with Crippen LogP contribution in [0.4, 0.5) is 4.39 Å². The van der Waals surface area contributed by atoms with E-state index in [1.165, 1.54) is 18.2 Å². The Bertz CT molecular complexity index is 933. The van der Waals surface area contributed by atoms with Gasteiger partial charge in [0.1, 0.15) is 5.82 Å². The molecule has 2 amide bonds. The number of rotatable bonds is 5. The Morgan fingerprint density at radius 2 is 1.67 bits per heavy atom. The lowest BCUT2D eigenvalue weighted by Gasteiger charge is -2.08. The zero-order chi connectivity index (χ0) is 19.1. The van der Waals surface area contributed by atoms with Gasteiger partial charge in [0.2, 0.25) is 0 Å². The Morgan fingerprint density at radius 3 is 2.37 bits per heavy atom. The molecular formula is C20H16FN3O2S. The number of thioether (sulfide) groups is 1. The highest BCUT2D eigenvalue weighted by molar-refractivity contribution is 7.98. The van der Waals surface area contributed by atoms with Gasteiger partial charge in [0.05, 0.1) is 5.56 Å². The zero-order valence-electron chi connectivity index (χ0n) is 14.2. The monoisotopic (exact) mass is 381 g/mol. The van der Waals surface area contributed by atoms with Gasteiger partial charge < -0.3 is 0 Å². The fourth-order valence-electron chi connectivity index (χ4n) is 2.25. The fourth-order valence-corrected chi connectivity index (χ4v) is 3.08. The van der Waals surface area contributed by atoms with E-state index >= 15 is 0 Å². The van der Waals surface area contributed by atoms with E-state index in [2.05, 4.69) is 15.8 Å². The van der Waals surface area contributed by atoms with Gasteiger partial charge in [0.25, 0.3) is 11.8 Å². The number of carbonyl (C=O) groups excluding carboxylic acids is 2. The number of hydrogen-bond acceptors (Lipinski definition) is 4. The summed E-state index contributed by atoms with van der Waals surface area (Å²) < 4.78 is 13.5. The van der Waals surface area contributed by atoms with Crippen LogP contribution in [-0.4, -0.2) is 16.8 Å². The lowest BCUT2D eigenvalue weighted by atomic mass is 10.2. The maximum Gasteiger partial charge on any atom is 0.272 e. The number of hydrogen-bond donors (Lipinski definition) is 2. The maximum atomic E-state index is 13.5. The van der Waals surface area contributed by atoms with Crippen LogP contribution in [0.5, 0.6) is 0 Å². The van der Waals surface area contributed by atoms with Gasteiger partial charge in [0.15, 0.2) is 0 Å². The summed E-state index contributed by atoms with van der Waals surface area (Å²) >= 11 is 1.63. The van der Waals surface area contributed by atoms with Crippen molar-refractivity contribution < 1.29 is 14.0 Å². The van der Waals surface area contributed by atoms with Crippen molar-refractivity contribution in [1.82, 2.24) is 15.8 Å². The molecule has 0 radical (unpaired) electrons. The van der Waals surface area contributed by atoms with Gasteiger partial charge in [-0.15, -0.1) is 11.8 Å². The van der Waals surface area contributed by atoms with E-state index in [0.717, 1.165) is 16.2 Å². The van der Waals surface area contributed by atoms with Crippen LogP contribution in [0.15, 0.2) is 78.0 Å². The van der Waals surface area contributed by atoms with Crippen molar-refractivity contribution in [2.75, 3.05) is 0 Å². The maximum absolute atomic E-state index is 13.5. The Hall–Kier alpha value is -3.19. The van der Waals surface area contributed by atoms with Gasteiger partial charge >= 0.3 is 0 Å². The predicted octanol–water partition coefficient (Wildman–Crippen LogP) is 3.59. The Labute approximate surface area is 160 Å². The summed E-state index contributed by atoms with van der Waals surface area (Å²) in [6, 6.07) is 16.4. The topological polar surface area (TPSA) is 71.1 Å². The highest BCUT2D eigenvalue weighted by atomic mass is 32.2. The molecule has 7 heteroatoms. The van der Waals surface area contributed by atoms with Gasteiger partial charge in [-0.1, -0.05) is 18.2 Å². The Morgan fingerprint density at radius 1 is 0.926 bits per heavy atom. The third-order valence-electron chi connectivity index (χ3n) is 3.65. The minimum absolute atomic E-state index is 0.139.